The molecule has 2 atom stereocenters. The van der Waals surface area contributed by atoms with Gasteiger partial charge in [0.1, 0.15) is 0 Å². The van der Waals surface area contributed by atoms with Crippen molar-refractivity contribution in [3.63, 3.8) is 0 Å². The molecule has 0 spiro atoms. The summed E-state index contributed by atoms with van der Waals surface area (Å²) in [4.78, 5) is 31.7. The maximum absolute atomic E-state index is 13.0. The minimum Gasteiger partial charge on any atom is -0.397 e. The summed E-state index contributed by atoms with van der Waals surface area (Å²) in [6, 6.07) is 18.9. The number of amides is 2. The Labute approximate surface area is 199 Å². The van der Waals surface area contributed by atoms with Gasteiger partial charge in [0.2, 0.25) is 11.8 Å². The van der Waals surface area contributed by atoms with Gasteiger partial charge in [-0.25, -0.2) is 0 Å². The fourth-order valence-corrected chi connectivity index (χ4v) is 4.19. The number of carbonyl (C=O) groups excluding carboxylic acids is 2. The first-order valence-electron chi connectivity index (χ1n) is 11.2. The Morgan fingerprint density at radius 2 is 1.79 bits per heavy atom. The van der Waals surface area contributed by atoms with Crippen LogP contribution in [-0.4, -0.2) is 41.8 Å². The van der Waals surface area contributed by atoms with Gasteiger partial charge in [0.05, 0.1) is 29.2 Å². The minimum atomic E-state index is -0.248. The van der Waals surface area contributed by atoms with Crippen LogP contribution in [0, 0.1) is 12.8 Å². The molecule has 2 amide bonds. The second-order valence-electron chi connectivity index (χ2n) is 8.69. The number of nitrogens with zero attached hydrogens (tertiary/aromatic N) is 2. The van der Waals surface area contributed by atoms with Gasteiger partial charge in [-0.05, 0) is 55.4 Å². The van der Waals surface area contributed by atoms with Crippen LogP contribution in [0.3, 0.4) is 0 Å². The van der Waals surface area contributed by atoms with Gasteiger partial charge in [0.15, 0.2) is 0 Å². The summed E-state index contributed by atoms with van der Waals surface area (Å²) in [5.41, 5.74) is 10.6. The lowest BCUT2D eigenvalue weighted by Gasteiger charge is -2.18. The molecule has 1 aliphatic rings. The van der Waals surface area contributed by atoms with Crippen molar-refractivity contribution in [3.05, 3.63) is 89.8 Å². The van der Waals surface area contributed by atoms with Crippen molar-refractivity contribution in [1.82, 2.24) is 9.88 Å². The molecule has 0 bridgehead atoms. The Balaban J connectivity index is 1.40. The molecule has 3 aromatic rings. The Morgan fingerprint density at radius 1 is 1.03 bits per heavy atom. The first-order valence-corrected chi connectivity index (χ1v) is 11.2. The highest BCUT2D eigenvalue weighted by Crippen LogP contribution is 2.33. The third-order valence-corrected chi connectivity index (χ3v) is 6.03. The molecular weight excluding hydrogens is 426 g/mol. The first kappa shape index (κ1) is 23.2. The van der Waals surface area contributed by atoms with E-state index in [0.717, 1.165) is 23.4 Å². The van der Waals surface area contributed by atoms with Gasteiger partial charge >= 0.3 is 0 Å². The van der Waals surface area contributed by atoms with Gasteiger partial charge in [0.25, 0.3) is 0 Å². The SMILES string of the molecule is Cc1ccc(NC(=O)C2CN(C)CC2c2ccc(/C=C/C(=O)Nc3ccccc3N)cc2)cn1. The first-order chi connectivity index (χ1) is 16.4. The molecule has 2 heterocycles. The number of likely N-dealkylation sites (N-methyl/N-ethyl adjacent to an activating group) is 1. The molecule has 2 aromatic carbocycles. The van der Waals surface area contributed by atoms with E-state index in [9.17, 15) is 9.59 Å². The zero-order chi connectivity index (χ0) is 24.1. The number of hydrogen-bond acceptors (Lipinski definition) is 5. The monoisotopic (exact) mass is 455 g/mol. The predicted octanol–water partition coefficient (Wildman–Crippen LogP) is 3.91. The number of aryl methyl sites for hydroxylation is 1. The van der Waals surface area contributed by atoms with Crippen LogP contribution in [0.2, 0.25) is 0 Å². The molecule has 4 N–H and O–H groups in total. The average molecular weight is 456 g/mol. The number of aromatic nitrogens is 1. The van der Waals surface area contributed by atoms with E-state index in [0.29, 0.717) is 23.6 Å². The number of likely N-dealkylation sites (tertiary alicyclic amines) is 1. The number of rotatable bonds is 6. The van der Waals surface area contributed by atoms with Crippen molar-refractivity contribution in [1.29, 1.82) is 0 Å². The van der Waals surface area contributed by atoms with Crippen molar-refractivity contribution in [2.45, 2.75) is 12.8 Å². The highest BCUT2D eigenvalue weighted by Gasteiger charge is 2.37. The topological polar surface area (TPSA) is 100 Å². The Kier molecular flexibility index (Phi) is 7.04. The lowest BCUT2D eigenvalue weighted by molar-refractivity contribution is -0.119. The van der Waals surface area contributed by atoms with Crippen molar-refractivity contribution < 1.29 is 9.59 Å². The molecule has 174 valence electrons. The van der Waals surface area contributed by atoms with Crippen molar-refractivity contribution in [2.75, 3.05) is 36.5 Å². The fraction of sp³-hybridized carbons (Fsp3) is 0.222. The third-order valence-electron chi connectivity index (χ3n) is 6.03. The quantitative estimate of drug-likeness (QED) is 0.387. The lowest BCUT2D eigenvalue weighted by atomic mass is 9.88. The molecule has 0 saturated carbocycles. The Bertz CT molecular complexity index is 1190. The van der Waals surface area contributed by atoms with Crippen LogP contribution in [-0.2, 0) is 9.59 Å². The maximum atomic E-state index is 13.0. The number of benzene rings is 2. The van der Waals surface area contributed by atoms with E-state index in [1.807, 2.05) is 62.5 Å². The lowest BCUT2D eigenvalue weighted by Crippen LogP contribution is -2.28. The summed E-state index contributed by atoms with van der Waals surface area (Å²) in [7, 11) is 2.03. The maximum Gasteiger partial charge on any atom is 0.248 e. The van der Waals surface area contributed by atoms with Crippen LogP contribution in [0.1, 0.15) is 22.7 Å². The highest BCUT2D eigenvalue weighted by molar-refractivity contribution is 6.03. The van der Waals surface area contributed by atoms with E-state index in [2.05, 4.69) is 20.5 Å². The Hall–Kier alpha value is -3.97. The van der Waals surface area contributed by atoms with Crippen LogP contribution in [0.25, 0.3) is 6.08 Å². The Morgan fingerprint density at radius 3 is 2.50 bits per heavy atom. The predicted molar refractivity (Wildman–Crippen MR) is 136 cm³/mol. The molecular formula is C27H29N5O2. The van der Waals surface area contributed by atoms with E-state index in [4.69, 9.17) is 5.73 Å². The minimum absolute atomic E-state index is 0.000770. The summed E-state index contributed by atoms with van der Waals surface area (Å²) >= 11 is 0. The van der Waals surface area contributed by atoms with Crippen molar-refractivity contribution in [2.24, 2.45) is 5.92 Å². The fourth-order valence-electron chi connectivity index (χ4n) is 4.19. The number of para-hydroxylation sites is 2. The van der Waals surface area contributed by atoms with Crippen LogP contribution in [0.15, 0.2) is 72.9 Å². The van der Waals surface area contributed by atoms with Crippen LogP contribution >= 0.6 is 0 Å². The summed E-state index contributed by atoms with van der Waals surface area (Å²) in [5, 5.41) is 5.78. The molecule has 2 unspecified atom stereocenters. The summed E-state index contributed by atoms with van der Waals surface area (Å²) < 4.78 is 0. The van der Waals surface area contributed by atoms with Gasteiger partial charge in [-0.1, -0.05) is 36.4 Å². The van der Waals surface area contributed by atoms with Crippen molar-refractivity contribution >= 4 is 35.0 Å². The molecule has 1 aromatic heterocycles. The van der Waals surface area contributed by atoms with Gasteiger partial charge in [-0.15, -0.1) is 0 Å². The largest absolute Gasteiger partial charge is 0.397 e. The standard InChI is InChI=1S/C27H29N5O2/c1-18-7-13-21(15-29-18)30-27(34)23-17-32(2)16-22(23)20-11-8-19(9-12-20)10-14-26(33)31-25-6-4-3-5-24(25)28/h3-15,22-23H,16-17,28H2,1-2H3,(H,30,34)(H,31,33)/b14-10+. The summed E-state index contributed by atoms with van der Waals surface area (Å²) in [5.74, 6) is -0.317. The number of anilines is 3. The molecule has 7 heteroatoms. The van der Waals surface area contributed by atoms with Crippen molar-refractivity contribution in [3.8, 4) is 0 Å². The smallest absolute Gasteiger partial charge is 0.248 e. The number of nitrogens with two attached hydrogens (primary N) is 1. The molecule has 1 saturated heterocycles. The van der Waals surface area contributed by atoms with Gasteiger partial charge in [0, 0.05) is 30.8 Å². The third kappa shape index (κ3) is 5.68. The van der Waals surface area contributed by atoms with Gasteiger partial charge in [-0.2, -0.15) is 0 Å². The van der Waals surface area contributed by atoms with Crippen LogP contribution in [0.4, 0.5) is 17.1 Å². The molecule has 0 aliphatic carbocycles. The van der Waals surface area contributed by atoms with Crippen LogP contribution in [0.5, 0.6) is 0 Å². The van der Waals surface area contributed by atoms with E-state index in [1.165, 1.54) is 6.08 Å². The van der Waals surface area contributed by atoms with E-state index in [-0.39, 0.29) is 23.7 Å². The number of pyridine rings is 1. The number of nitrogen functional groups attached to an aromatic ring is 1. The second kappa shape index (κ2) is 10.3. The molecule has 4 rings (SSSR count). The number of carbonyl (C=O) groups is 2. The molecule has 7 nitrogen and oxygen atoms in total. The molecule has 34 heavy (non-hydrogen) atoms. The molecule has 1 aliphatic heterocycles. The normalized spacial score (nSPS) is 18.2. The summed E-state index contributed by atoms with van der Waals surface area (Å²) in [6.45, 7) is 3.42. The van der Waals surface area contributed by atoms with Gasteiger partial charge < -0.3 is 21.3 Å². The van der Waals surface area contributed by atoms with E-state index >= 15 is 0 Å². The average Bonchev–Trinajstić information content (AvgIpc) is 3.23. The molecule has 1 fully saturated rings. The summed E-state index contributed by atoms with van der Waals surface area (Å²) in [6.07, 6.45) is 4.93. The number of hydrogen-bond donors (Lipinski definition) is 3. The van der Waals surface area contributed by atoms with Gasteiger partial charge in [-0.3, -0.25) is 14.6 Å². The zero-order valence-corrected chi connectivity index (χ0v) is 19.4. The van der Waals surface area contributed by atoms with E-state index in [1.54, 1.807) is 24.4 Å². The number of nitrogens with one attached hydrogen (secondary N) is 2. The second-order valence-corrected chi connectivity index (χ2v) is 8.69. The van der Waals surface area contributed by atoms with E-state index < -0.39 is 0 Å². The zero-order valence-electron chi connectivity index (χ0n) is 19.4. The molecule has 0 radical (unpaired) electrons. The highest BCUT2D eigenvalue weighted by atomic mass is 16.2. The van der Waals surface area contributed by atoms with Crippen LogP contribution < -0.4 is 16.4 Å².